The molecular weight excluding hydrogens is 314 g/mol. The van der Waals surface area contributed by atoms with E-state index in [1.165, 1.54) is 5.41 Å². The van der Waals surface area contributed by atoms with Gasteiger partial charge in [0.2, 0.25) is 0 Å². The summed E-state index contributed by atoms with van der Waals surface area (Å²) >= 11 is 6.22. The van der Waals surface area contributed by atoms with Crippen LogP contribution in [0.15, 0.2) is 23.6 Å². The van der Waals surface area contributed by atoms with E-state index in [2.05, 4.69) is 5.32 Å². The molecule has 1 N–H and O–H groups in total. The molecule has 1 aromatic rings. The summed E-state index contributed by atoms with van der Waals surface area (Å²) in [5.41, 5.74) is 0.932. The van der Waals surface area contributed by atoms with Crippen LogP contribution in [0.2, 0.25) is 5.02 Å². The molecule has 2 aliphatic heterocycles. The zero-order chi connectivity index (χ0) is 14.9. The summed E-state index contributed by atoms with van der Waals surface area (Å²) in [6, 6.07) is 3.53. The van der Waals surface area contributed by atoms with Crippen LogP contribution in [0, 0.1) is 0 Å². The number of hydrogen-bond donors (Lipinski definition) is 1. The van der Waals surface area contributed by atoms with Crippen LogP contribution in [0.5, 0.6) is 11.5 Å². The van der Waals surface area contributed by atoms with Gasteiger partial charge in [0.25, 0.3) is 0 Å². The van der Waals surface area contributed by atoms with Gasteiger partial charge in [-0.05, 0) is 17.7 Å². The number of hydrogen-bond acceptors (Lipinski definition) is 5. The van der Waals surface area contributed by atoms with Crippen LogP contribution in [-0.2, 0) is 16.4 Å². The second-order valence-electron chi connectivity index (χ2n) is 5.10. The molecule has 2 heterocycles. The fourth-order valence-corrected chi connectivity index (χ4v) is 3.90. The van der Waals surface area contributed by atoms with E-state index >= 15 is 0 Å². The normalized spacial score (nSPS) is 23.0. The average Bonchev–Trinajstić information content (AvgIpc) is 2.63. The maximum absolute atomic E-state index is 11.4. The van der Waals surface area contributed by atoms with Crippen LogP contribution < -0.4 is 14.8 Å². The Bertz CT molecular complexity index is 672. The van der Waals surface area contributed by atoms with Crippen molar-refractivity contribution in [2.75, 3.05) is 19.0 Å². The highest BCUT2D eigenvalue weighted by Crippen LogP contribution is 2.37. The molecule has 1 atom stereocenters. The monoisotopic (exact) mass is 329 g/mol. The zero-order valence-electron chi connectivity index (χ0n) is 11.3. The Labute approximate surface area is 128 Å². The Morgan fingerprint density at radius 3 is 2.86 bits per heavy atom. The van der Waals surface area contributed by atoms with Crippen molar-refractivity contribution < 1.29 is 17.9 Å². The second-order valence-corrected chi connectivity index (χ2v) is 7.44. The fourth-order valence-electron chi connectivity index (χ4n) is 2.34. The molecule has 21 heavy (non-hydrogen) atoms. The van der Waals surface area contributed by atoms with Gasteiger partial charge in [-0.25, -0.2) is 8.42 Å². The number of halogens is 1. The molecule has 1 aromatic carbocycles. The Kier molecular flexibility index (Phi) is 4.10. The zero-order valence-corrected chi connectivity index (χ0v) is 12.9. The smallest absolute Gasteiger partial charge is 0.179 e. The van der Waals surface area contributed by atoms with Crippen LogP contribution in [0.4, 0.5) is 0 Å². The minimum absolute atomic E-state index is 0.102. The molecular formula is C14H16ClNO4S. The molecule has 0 bridgehead atoms. The predicted octanol–water partition coefficient (Wildman–Crippen LogP) is 1.90. The lowest BCUT2D eigenvalue weighted by molar-refractivity contribution is 0.297. The molecule has 0 saturated carbocycles. The largest absolute Gasteiger partial charge is 0.489 e. The lowest BCUT2D eigenvalue weighted by atomic mass is 10.2. The highest BCUT2D eigenvalue weighted by atomic mass is 35.5. The molecule has 0 saturated heterocycles. The summed E-state index contributed by atoms with van der Waals surface area (Å²) in [5, 5.41) is 4.95. The standard InChI is InChI=1S/C14H16ClNO4S/c15-12-6-10(7-13-14(12)20-4-1-3-19-13)8-16-11-2-5-21(17,18)9-11/h2,5-7,11,16H,1,3-4,8-9H2. The summed E-state index contributed by atoms with van der Waals surface area (Å²) in [6.45, 7) is 1.71. The van der Waals surface area contributed by atoms with Crippen molar-refractivity contribution in [3.63, 3.8) is 0 Å². The first-order valence-corrected chi connectivity index (χ1v) is 8.85. The van der Waals surface area contributed by atoms with Gasteiger partial charge in [-0.15, -0.1) is 0 Å². The van der Waals surface area contributed by atoms with Crippen molar-refractivity contribution in [3.05, 3.63) is 34.2 Å². The predicted molar refractivity (Wildman–Crippen MR) is 80.6 cm³/mol. The SMILES string of the molecule is O=S1(=O)C=CC(NCc2cc(Cl)c3c(c2)OCCCO3)C1. The number of ether oxygens (including phenoxy) is 2. The van der Waals surface area contributed by atoms with Crippen molar-refractivity contribution in [2.24, 2.45) is 0 Å². The van der Waals surface area contributed by atoms with E-state index in [9.17, 15) is 8.42 Å². The second kappa shape index (κ2) is 5.87. The third-order valence-corrected chi connectivity index (χ3v) is 5.04. The fraction of sp³-hybridized carbons (Fsp3) is 0.429. The molecule has 0 fully saturated rings. The lowest BCUT2D eigenvalue weighted by Gasteiger charge is -2.14. The van der Waals surface area contributed by atoms with E-state index in [4.69, 9.17) is 21.1 Å². The van der Waals surface area contributed by atoms with Gasteiger partial charge in [-0.3, -0.25) is 0 Å². The van der Waals surface area contributed by atoms with Crippen LogP contribution in [-0.4, -0.2) is 33.4 Å². The van der Waals surface area contributed by atoms with Crippen molar-refractivity contribution in [1.29, 1.82) is 0 Å². The Hall–Kier alpha value is -1.24. The van der Waals surface area contributed by atoms with E-state index in [0.29, 0.717) is 36.3 Å². The maximum Gasteiger partial charge on any atom is 0.179 e. The van der Waals surface area contributed by atoms with E-state index in [0.717, 1.165) is 12.0 Å². The minimum Gasteiger partial charge on any atom is -0.489 e. The third-order valence-electron chi connectivity index (χ3n) is 3.36. The van der Waals surface area contributed by atoms with Gasteiger partial charge >= 0.3 is 0 Å². The molecule has 2 aliphatic rings. The quantitative estimate of drug-likeness (QED) is 0.917. The summed E-state index contributed by atoms with van der Waals surface area (Å²) in [4.78, 5) is 0. The Morgan fingerprint density at radius 1 is 1.29 bits per heavy atom. The van der Waals surface area contributed by atoms with Crippen molar-refractivity contribution in [1.82, 2.24) is 5.32 Å². The van der Waals surface area contributed by atoms with Crippen molar-refractivity contribution in [2.45, 2.75) is 19.0 Å². The van der Waals surface area contributed by atoms with E-state index in [1.807, 2.05) is 12.1 Å². The van der Waals surface area contributed by atoms with Crippen LogP contribution in [0.1, 0.15) is 12.0 Å². The summed E-state index contributed by atoms with van der Waals surface area (Å²) in [6.07, 6.45) is 2.49. The van der Waals surface area contributed by atoms with Crippen molar-refractivity contribution in [3.8, 4) is 11.5 Å². The van der Waals surface area contributed by atoms with Crippen LogP contribution in [0.3, 0.4) is 0 Å². The molecule has 7 heteroatoms. The highest BCUT2D eigenvalue weighted by molar-refractivity contribution is 7.94. The van der Waals surface area contributed by atoms with Crippen LogP contribution >= 0.6 is 11.6 Å². The minimum atomic E-state index is -3.04. The first kappa shape index (κ1) is 14.7. The van der Waals surface area contributed by atoms with Gasteiger partial charge in [-0.1, -0.05) is 17.7 Å². The number of rotatable bonds is 3. The summed E-state index contributed by atoms with van der Waals surface area (Å²) in [7, 11) is -3.04. The molecule has 0 spiro atoms. The van der Waals surface area contributed by atoms with E-state index in [-0.39, 0.29) is 11.8 Å². The first-order chi connectivity index (χ1) is 10.0. The molecule has 114 valence electrons. The molecule has 0 amide bonds. The molecule has 5 nitrogen and oxygen atoms in total. The van der Waals surface area contributed by atoms with E-state index in [1.54, 1.807) is 6.08 Å². The van der Waals surface area contributed by atoms with Gasteiger partial charge in [0.15, 0.2) is 21.3 Å². The van der Waals surface area contributed by atoms with Gasteiger partial charge in [0.1, 0.15) is 0 Å². The molecule has 0 aromatic heterocycles. The Morgan fingerprint density at radius 2 is 2.10 bits per heavy atom. The number of benzene rings is 1. The number of nitrogens with one attached hydrogen (secondary N) is 1. The van der Waals surface area contributed by atoms with Crippen LogP contribution in [0.25, 0.3) is 0 Å². The molecule has 1 unspecified atom stereocenters. The summed E-state index contributed by atoms with van der Waals surface area (Å²) < 4.78 is 33.9. The number of sulfone groups is 1. The highest BCUT2D eigenvalue weighted by Gasteiger charge is 2.21. The van der Waals surface area contributed by atoms with Gasteiger partial charge < -0.3 is 14.8 Å². The number of fused-ring (bicyclic) bond motifs is 1. The molecule has 3 rings (SSSR count). The molecule has 0 radical (unpaired) electrons. The van der Waals surface area contributed by atoms with Gasteiger partial charge in [0.05, 0.1) is 24.0 Å². The third kappa shape index (κ3) is 3.51. The van der Waals surface area contributed by atoms with Gasteiger partial charge in [-0.2, -0.15) is 0 Å². The maximum atomic E-state index is 11.4. The van der Waals surface area contributed by atoms with Gasteiger partial charge in [0, 0.05) is 24.4 Å². The lowest BCUT2D eigenvalue weighted by Crippen LogP contribution is -2.29. The Balaban J connectivity index is 1.70. The first-order valence-electron chi connectivity index (χ1n) is 6.76. The van der Waals surface area contributed by atoms with E-state index < -0.39 is 9.84 Å². The van der Waals surface area contributed by atoms with Crippen molar-refractivity contribution >= 4 is 21.4 Å². The summed E-state index contributed by atoms with van der Waals surface area (Å²) in [5.74, 6) is 1.33. The average molecular weight is 330 g/mol. The molecule has 0 aliphatic carbocycles. The topological polar surface area (TPSA) is 64.6 Å².